The van der Waals surface area contributed by atoms with Crippen molar-refractivity contribution in [3.63, 3.8) is 0 Å². The number of carbonyl (C=O) groups excluding carboxylic acids is 2. The summed E-state index contributed by atoms with van der Waals surface area (Å²) in [5.74, 6) is 0.871. The number of benzene rings is 2. The van der Waals surface area contributed by atoms with Crippen LogP contribution in [-0.4, -0.2) is 25.5 Å². The molecule has 2 amide bonds. The van der Waals surface area contributed by atoms with Crippen molar-refractivity contribution in [2.75, 3.05) is 24.4 Å². The standard InChI is InChI=1S/C17H16N2O4/c1-22-12-7-5-11(6-8-12)9-15(20)18-13-3-2-4-14-17(13)19-16(21)10-23-14/h2-8H,9-10H2,1H3,(H,18,20)(H,19,21). The number of fused-ring (bicyclic) bond motifs is 1. The van der Waals surface area contributed by atoms with Gasteiger partial charge in [-0.15, -0.1) is 0 Å². The minimum atomic E-state index is -0.241. The fourth-order valence-electron chi connectivity index (χ4n) is 2.33. The van der Waals surface area contributed by atoms with Crippen LogP contribution >= 0.6 is 0 Å². The molecule has 0 fully saturated rings. The molecule has 0 atom stereocenters. The largest absolute Gasteiger partial charge is 0.497 e. The molecule has 1 heterocycles. The maximum absolute atomic E-state index is 12.2. The van der Waals surface area contributed by atoms with Crippen LogP contribution < -0.4 is 20.1 Å². The van der Waals surface area contributed by atoms with E-state index < -0.39 is 0 Å². The number of ether oxygens (including phenoxy) is 2. The number of methoxy groups -OCH3 is 1. The smallest absolute Gasteiger partial charge is 0.262 e. The molecule has 23 heavy (non-hydrogen) atoms. The molecule has 2 aromatic rings. The van der Waals surface area contributed by atoms with E-state index in [-0.39, 0.29) is 24.8 Å². The van der Waals surface area contributed by atoms with Gasteiger partial charge in [0, 0.05) is 0 Å². The van der Waals surface area contributed by atoms with E-state index in [1.54, 1.807) is 37.4 Å². The molecule has 1 aliphatic heterocycles. The normalized spacial score (nSPS) is 12.7. The minimum absolute atomic E-state index is 0.0176. The van der Waals surface area contributed by atoms with Gasteiger partial charge in [0.2, 0.25) is 5.91 Å². The monoisotopic (exact) mass is 312 g/mol. The van der Waals surface area contributed by atoms with Crippen molar-refractivity contribution in [3.8, 4) is 11.5 Å². The van der Waals surface area contributed by atoms with Crippen molar-refractivity contribution in [1.29, 1.82) is 0 Å². The lowest BCUT2D eigenvalue weighted by Crippen LogP contribution is -2.27. The van der Waals surface area contributed by atoms with Crippen LogP contribution in [0.3, 0.4) is 0 Å². The summed E-state index contributed by atoms with van der Waals surface area (Å²) < 4.78 is 10.4. The van der Waals surface area contributed by atoms with Gasteiger partial charge >= 0.3 is 0 Å². The first kappa shape index (κ1) is 14.9. The van der Waals surface area contributed by atoms with Crippen LogP contribution in [0.25, 0.3) is 0 Å². The quantitative estimate of drug-likeness (QED) is 0.907. The molecule has 0 aromatic heterocycles. The van der Waals surface area contributed by atoms with Crippen LogP contribution in [0.2, 0.25) is 0 Å². The molecule has 3 rings (SSSR count). The number of carbonyl (C=O) groups is 2. The maximum Gasteiger partial charge on any atom is 0.262 e. The molecule has 6 nitrogen and oxygen atoms in total. The molecular formula is C17H16N2O4. The van der Waals surface area contributed by atoms with Crippen molar-refractivity contribution < 1.29 is 19.1 Å². The first-order valence-corrected chi connectivity index (χ1v) is 7.14. The first-order chi connectivity index (χ1) is 11.2. The van der Waals surface area contributed by atoms with Crippen LogP contribution in [0.5, 0.6) is 11.5 Å². The second-order valence-electron chi connectivity index (χ2n) is 5.09. The zero-order chi connectivity index (χ0) is 16.2. The van der Waals surface area contributed by atoms with Gasteiger partial charge < -0.3 is 20.1 Å². The average molecular weight is 312 g/mol. The summed E-state index contributed by atoms with van der Waals surface area (Å²) in [6, 6.07) is 12.5. The predicted molar refractivity (Wildman–Crippen MR) is 85.9 cm³/mol. The summed E-state index contributed by atoms with van der Waals surface area (Å²) >= 11 is 0. The van der Waals surface area contributed by atoms with Gasteiger partial charge in [-0.2, -0.15) is 0 Å². The number of rotatable bonds is 4. The number of hydrogen-bond donors (Lipinski definition) is 2. The van der Waals surface area contributed by atoms with Gasteiger partial charge in [-0.3, -0.25) is 9.59 Å². The fourth-order valence-corrected chi connectivity index (χ4v) is 2.33. The highest BCUT2D eigenvalue weighted by Gasteiger charge is 2.19. The van der Waals surface area contributed by atoms with E-state index in [0.29, 0.717) is 17.1 Å². The summed E-state index contributed by atoms with van der Waals surface area (Å²) in [6.45, 7) is -0.0176. The van der Waals surface area contributed by atoms with Crippen LogP contribution in [0.1, 0.15) is 5.56 Å². The third kappa shape index (κ3) is 3.42. The second-order valence-corrected chi connectivity index (χ2v) is 5.09. The lowest BCUT2D eigenvalue weighted by atomic mass is 10.1. The fraction of sp³-hybridized carbons (Fsp3) is 0.176. The Hall–Kier alpha value is -3.02. The van der Waals surface area contributed by atoms with Gasteiger partial charge in [0.25, 0.3) is 5.91 Å². The maximum atomic E-state index is 12.2. The molecule has 0 spiro atoms. The van der Waals surface area contributed by atoms with E-state index >= 15 is 0 Å². The Morgan fingerprint density at radius 2 is 2.04 bits per heavy atom. The van der Waals surface area contributed by atoms with Crippen molar-refractivity contribution >= 4 is 23.2 Å². The SMILES string of the molecule is COc1ccc(CC(=O)Nc2cccc3c2NC(=O)CO3)cc1. The van der Waals surface area contributed by atoms with Crippen molar-refractivity contribution in [1.82, 2.24) is 0 Å². The van der Waals surface area contributed by atoms with E-state index in [1.165, 1.54) is 0 Å². The number of amides is 2. The van der Waals surface area contributed by atoms with Gasteiger partial charge in [0.1, 0.15) is 17.2 Å². The molecule has 0 saturated heterocycles. The summed E-state index contributed by atoms with van der Waals surface area (Å²) in [4.78, 5) is 23.7. The van der Waals surface area contributed by atoms with E-state index in [1.807, 2.05) is 12.1 Å². The van der Waals surface area contributed by atoms with Crippen molar-refractivity contribution in [2.24, 2.45) is 0 Å². The number of nitrogens with one attached hydrogen (secondary N) is 2. The molecular weight excluding hydrogens is 296 g/mol. The Morgan fingerprint density at radius 3 is 2.78 bits per heavy atom. The van der Waals surface area contributed by atoms with Crippen molar-refractivity contribution in [2.45, 2.75) is 6.42 Å². The van der Waals surface area contributed by atoms with Crippen LogP contribution in [0.15, 0.2) is 42.5 Å². The zero-order valence-corrected chi connectivity index (χ0v) is 12.6. The molecule has 1 aliphatic rings. The van der Waals surface area contributed by atoms with Crippen LogP contribution in [0.4, 0.5) is 11.4 Å². The number of para-hydroxylation sites is 1. The molecule has 2 N–H and O–H groups in total. The second kappa shape index (κ2) is 6.39. The lowest BCUT2D eigenvalue weighted by molar-refractivity contribution is -0.118. The highest BCUT2D eigenvalue weighted by molar-refractivity contribution is 6.03. The Balaban J connectivity index is 1.71. The number of hydrogen-bond acceptors (Lipinski definition) is 4. The molecule has 118 valence electrons. The molecule has 2 aromatic carbocycles. The average Bonchev–Trinajstić information content (AvgIpc) is 2.56. The molecule has 6 heteroatoms. The van der Waals surface area contributed by atoms with E-state index in [4.69, 9.17) is 9.47 Å². The van der Waals surface area contributed by atoms with E-state index in [2.05, 4.69) is 10.6 Å². The zero-order valence-electron chi connectivity index (χ0n) is 12.6. The molecule has 0 bridgehead atoms. The summed E-state index contributed by atoms with van der Waals surface area (Å²) in [5, 5.41) is 5.52. The van der Waals surface area contributed by atoms with Gasteiger partial charge in [-0.05, 0) is 29.8 Å². The topological polar surface area (TPSA) is 76.7 Å². The number of anilines is 2. The first-order valence-electron chi connectivity index (χ1n) is 7.14. The van der Waals surface area contributed by atoms with Gasteiger partial charge in [0.15, 0.2) is 6.61 Å². The molecule has 0 saturated carbocycles. The van der Waals surface area contributed by atoms with Gasteiger partial charge in [0.05, 0.1) is 19.2 Å². The highest BCUT2D eigenvalue weighted by Crippen LogP contribution is 2.34. The Labute approximate surface area is 133 Å². The Kier molecular flexibility index (Phi) is 4.14. The summed E-state index contributed by atoms with van der Waals surface area (Å²) in [5.41, 5.74) is 1.88. The van der Waals surface area contributed by atoms with Crippen molar-refractivity contribution in [3.05, 3.63) is 48.0 Å². The Bertz CT molecular complexity index is 741. The lowest BCUT2D eigenvalue weighted by Gasteiger charge is -2.20. The highest BCUT2D eigenvalue weighted by atomic mass is 16.5. The minimum Gasteiger partial charge on any atom is -0.497 e. The van der Waals surface area contributed by atoms with E-state index in [0.717, 1.165) is 11.3 Å². The third-order valence-corrected chi connectivity index (χ3v) is 3.45. The van der Waals surface area contributed by atoms with Crippen LogP contribution in [-0.2, 0) is 16.0 Å². The molecule has 0 aliphatic carbocycles. The van der Waals surface area contributed by atoms with Gasteiger partial charge in [-0.25, -0.2) is 0 Å². The molecule has 0 unspecified atom stereocenters. The van der Waals surface area contributed by atoms with E-state index in [9.17, 15) is 9.59 Å². The summed E-state index contributed by atoms with van der Waals surface area (Å²) in [7, 11) is 1.59. The predicted octanol–water partition coefficient (Wildman–Crippen LogP) is 2.21. The van der Waals surface area contributed by atoms with Gasteiger partial charge in [-0.1, -0.05) is 18.2 Å². The molecule has 0 radical (unpaired) electrons. The van der Waals surface area contributed by atoms with Crippen LogP contribution in [0, 0.1) is 0 Å². The Morgan fingerprint density at radius 1 is 1.26 bits per heavy atom. The summed E-state index contributed by atoms with van der Waals surface area (Å²) in [6.07, 6.45) is 0.225. The third-order valence-electron chi connectivity index (χ3n) is 3.45.